The van der Waals surface area contributed by atoms with Gasteiger partial charge in [0.1, 0.15) is 5.82 Å². The van der Waals surface area contributed by atoms with E-state index in [4.69, 9.17) is 0 Å². The van der Waals surface area contributed by atoms with E-state index in [1.165, 1.54) is 24.1 Å². The van der Waals surface area contributed by atoms with Gasteiger partial charge in [-0.05, 0) is 44.1 Å². The molecule has 0 aliphatic heterocycles. The lowest BCUT2D eigenvalue weighted by atomic mass is 10.1. The zero-order valence-electron chi connectivity index (χ0n) is 10.9. The number of benzene rings is 1. The molecule has 0 atom stereocenters. The fraction of sp³-hybridized carbons (Fsp3) is 0.571. The summed E-state index contributed by atoms with van der Waals surface area (Å²) in [6, 6.07) is 6.77. The molecule has 0 amide bonds. The van der Waals surface area contributed by atoms with Gasteiger partial charge in [-0.15, -0.1) is 0 Å². The summed E-state index contributed by atoms with van der Waals surface area (Å²) < 4.78 is 12.7. The van der Waals surface area contributed by atoms with Crippen LogP contribution in [0.15, 0.2) is 24.3 Å². The molecule has 1 aromatic carbocycles. The van der Waals surface area contributed by atoms with Gasteiger partial charge in [-0.3, -0.25) is 0 Å². The van der Waals surface area contributed by atoms with E-state index in [1.54, 1.807) is 0 Å². The van der Waals surface area contributed by atoms with Crippen molar-refractivity contribution >= 4 is 0 Å². The molecule has 0 unspecified atom stereocenters. The van der Waals surface area contributed by atoms with E-state index in [9.17, 15) is 4.39 Å². The molecule has 0 saturated carbocycles. The minimum absolute atomic E-state index is 0.161. The minimum atomic E-state index is -0.161. The summed E-state index contributed by atoms with van der Waals surface area (Å²) in [7, 11) is 2.12. The van der Waals surface area contributed by atoms with Gasteiger partial charge in [0.15, 0.2) is 0 Å². The maximum atomic E-state index is 12.7. The zero-order chi connectivity index (χ0) is 12.5. The number of nitrogens with zero attached hydrogens (tertiary/aromatic N) is 1. The average Bonchev–Trinajstić information content (AvgIpc) is 2.34. The zero-order valence-corrected chi connectivity index (χ0v) is 10.9. The molecule has 0 bridgehead atoms. The molecule has 1 aromatic rings. The van der Waals surface area contributed by atoms with Gasteiger partial charge in [-0.2, -0.15) is 0 Å². The van der Waals surface area contributed by atoms with E-state index in [-0.39, 0.29) is 5.82 Å². The standard InChI is InChI=1S/C14H23FN2/c1-3-9-16-10-12-17(2)11-8-13-4-6-14(15)7-5-13/h4-7,16H,3,8-12H2,1-2H3. The molecule has 0 radical (unpaired) electrons. The molecule has 96 valence electrons. The lowest BCUT2D eigenvalue weighted by Crippen LogP contribution is -2.30. The van der Waals surface area contributed by atoms with Gasteiger partial charge in [-0.25, -0.2) is 4.39 Å². The molecule has 0 aliphatic carbocycles. The van der Waals surface area contributed by atoms with E-state index in [0.717, 1.165) is 32.6 Å². The van der Waals surface area contributed by atoms with Crippen LogP contribution in [-0.4, -0.2) is 38.1 Å². The van der Waals surface area contributed by atoms with Gasteiger partial charge >= 0.3 is 0 Å². The highest BCUT2D eigenvalue weighted by molar-refractivity contribution is 5.16. The van der Waals surface area contributed by atoms with Crippen molar-refractivity contribution in [3.8, 4) is 0 Å². The highest BCUT2D eigenvalue weighted by Gasteiger charge is 1.99. The predicted octanol–water partition coefficient (Wildman–Crippen LogP) is 2.30. The van der Waals surface area contributed by atoms with Crippen LogP contribution in [0.4, 0.5) is 4.39 Å². The van der Waals surface area contributed by atoms with Crippen LogP contribution in [-0.2, 0) is 6.42 Å². The Bertz CT molecular complexity index is 298. The second-order valence-corrected chi connectivity index (χ2v) is 4.43. The molecule has 1 N–H and O–H groups in total. The maximum absolute atomic E-state index is 12.7. The molecule has 3 heteroatoms. The van der Waals surface area contributed by atoms with Crippen molar-refractivity contribution in [1.82, 2.24) is 10.2 Å². The van der Waals surface area contributed by atoms with Crippen molar-refractivity contribution in [2.75, 3.05) is 33.2 Å². The largest absolute Gasteiger partial charge is 0.315 e. The quantitative estimate of drug-likeness (QED) is 0.699. The van der Waals surface area contributed by atoms with Gasteiger partial charge in [0.2, 0.25) is 0 Å². The molecule has 0 aromatic heterocycles. The summed E-state index contributed by atoms with van der Waals surface area (Å²) in [5.74, 6) is -0.161. The molecule has 1 rings (SSSR count). The monoisotopic (exact) mass is 238 g/mol. The summed E-state index contributed by atoms with van der Waals surface area (Å²) in [4.78, 5) is 2.30. The van der Waals surface area contributed by atoms with E-state index in [0.29, 0.717) is 0 Å². The Morgan fingerprint density at radius 2 is 1.82 bits per heavy atom. The van der Waals surface area contributed by atoms with Crippen LogP contribution >= 0.6 is 0 Å². The van der Waals surface area contributed by atoms with Crippen molar-refractivity contribution in [3.05, 3.63) is 35.6 Å². The van der Waals surface area contributed by atoms with E-state index in [1.807, 2.05) is 12.1 Å². The topological polar surface area (TPSA) is 15.3 Å². The molecular weight excluding hydrogens is 215 g/mol. The van der Waals surface area contributed by atoms with Crippen LogP contribution in [0.3, 0.4) is 0 Å². The molecule has 0 fully saturated rings. The van der Waals surface area contributed by atoms with E-state index < -0.39 is 0 Å². The third kappa shape index (κ3) is 6.39. The Morgan fingerprint density at radius 1 is 1.12 bits per heavy atom. The summed E-state index contributed by atoms with van der Waals surface area (Å²) in [5, 5.41) is 3.38. The van der Waals surface area contributed by atoms with Crippen molar-refractivity contribution in [2.45, 2.75) is 19.8 Å². The summed E-state index contributed by atoms with van der Waals surface area (Å²) in [6.45, 7) is 6.37. The Hall–Kier alpha value is -0.930. The molecule has 0 heterocycles. The second kappa shape index (κ2) is 8.20. The Labute approximate surface area is 104 Å². The van der Waals surface area contributed by atoms with Crippen LogP contribution in [0.2, 0.25) is 0 Å². The first-order valence-corrected chi connectivity index (χ1v) is 6.36. The predicted molar refractivity (Wildman–Crippen MR) is 70.8 cm³/mol. The number of halogens is 1. The Balaban J connectivity index is 2.14. The average molecular weight is 238 g/mol. The first kappa shape index (κ1) is 14.1. The number of hydrogen-bond acceptors (Lipinski definition) is 2. The van der Waals surface area contributed by atoms with Crippen LogP contribution in [0.5, 0.6) is 0 Å². The summed E-state index contributed by atoms with van der Waals surface area (Å²) in [5.41, 5.74) is 1.19. The minimum Gasteiger partial charge on any atom is -0.315 e. The SMILES string of the molecule is CCCNCCN(C)CCc1ccc(F)cc1. The van der Waals surface area contributed by atoms with Crippen molar-refractivity contribution in [2.24, 2.45) is 0 Å². The van der Waals surface area contributed by atoms with Gasteiger partial charge < -0.3 is 10.2 Å². The van der Waals surface area contributed by atoms with Gasteiger partial charge in [0.05, 0.1) is 0 Å². The number of likely N-dealkylation sites (N-methyl/N-ethyl adjacent to an activating group) is 1. The third-order valence-electron chi connectivity index (χ3n) is 2.79. The van der Waals surface area contributed by atoms with E-state index in [2.05, 4.69) is 24.2 Å². The lowest BCUT2D eigenvalue weighted by Gasteiger charge is -2.16. The van der Waals surface area contributed by atoms with Crippen molar-refractivity contribution in [1.29, 1.82) is 0 Å². The Morgan fingerprint density at radius 3 is 2.47 bits per heavy atom. The smallest absolute Gasteiger partial charge is 0.123 e. The highest BCUT2D eigenvalue weighted by atomic mass is 19.1. The fourth-order valence-corrected chi connectivity index (χ4v) is 1.65. The van der Waals surface area contributed by atoms with Crippen LogP contribution in [0, 0.1) is 5.82 Å². The van der Waals surface area contributed by atoms with Gasteiger partial charge in [0, 0.05) is 19.6 Å². The second-order valence-electron chi connectivity index (χ2n) is 4.43. The highest BCUT2D eigenvalue weighted by Crippen LogP contribution is 2.03. The molecular formula is C14H23FN2. The summed E-state index contributed by atoms with van der Waals surface area (Å²) >= 11 is 0. The number of hydrogen-bond donors (Lipinski definition) is 1. The van der Waals surface area contributed by atoms with Crippen molar-refractivity contribution in [3.63, 3.8) is 0 Å². The molecule has 0 aliphatic rings. The first-order chi connectivity index (χ1) is 8.22. The third-order valence-corrected chi connectivity index (χ3v) is 2.79. The molecule has 0 spiro atoms. The summed E-state index contributed by atoms with van der Waals surface area (Å²) in [6.07, 6.45) is 2.16. The van der Waals surface area contributed by atoms with Gasteiger partial charge in [0.25, 0.3) is 0 Å². The maximum Gasteiger partial charge on any atom is 0.123 e. The van der Waals surface area contributed by atoms with Crippen LogP contribution in [0.25, 0.3) is 0 Å². The number of nitrogens with one attached hydrogen (secondary N) is 1. The van der Waals surface area contributed by atoms with E-state index >= 15 is 0 Å². The molecule has 2 nitrogen and oxygen atoms in total. The fourth-order valence-electron chi connectivity index (χ4n) is 1.65. The molecule has 0 saturated heterocycles. The molecule has 17 heavy (non-hydrogen) atoms. The van der Waals surface area contributed by atoms with Crippen LogP contribution in [0.1, 0.15) is 18.9 Å². The van der Waals surface area contributed by atoms with Crippen molar-refractivity contribution < 1.29 is 4.39 Å². The normalized spacial score (nSPS) is 11.1. The first-order valence-electron chi connectivity index (χ1n) is 6.36. The van der Waals surface area contributed by atoms with Gasteiger partial charge in [-0.1, -0.05) is 19.1 Å². The Kier molecular flexibility index (Phi) is 6.82. The number of rotatable bonds is 8. The van der Waals surface area contributed by atoms with Crippen LogP contribution < -0.4 is 5.32 Å². The lowest BCUT2D eigenvalue weighted by molar-refractivity contribution is 0.336.